The molecule has 2 heterocycles. The summed E-state index contributed by atoms with van der Waals surface area (Å²) in [5.74, 6) is 1.06. The summed E-state index contributed by atoms with van der Waals surface area (Å²) in [5.41, 5.74) is 7.70. The molecule has 0 radical (unpaired) electrons. The third-order valence-electron chi connectivity index (χ3n) is 3.40. The number of rotatable bonds is 4. The molecule has 3 aromatic rings. The zero-order valence-electron chi connectivity index (χ0n) is 12.1. The lowest BCUT2D eigenvalue weighted by molar-refractivity contribution is 0.675. The fourth-order valence-electron chi connectivity index (χ4n) is 2.34. The molecule has 0 unspecified atom stereocenters. The number of aromatic amines is 1. The highest BCUT2D eigenvalue weighted by atomic mass is 15.3. The van der Waals surface area contributed by atoms with Gasteiger partial charge >= 0.3 is 0 Å². The van der Waals surface area contributed by atoms with E-state index in [1.807, 2.05) is 18.2 Å². The van der Waals surface area contributed by atoms with Gasteiger partial charge in [0.05, 0.1) is 11.6 Å². The molecule has 108 valence electrons. The molecule has 21 heavy (non-hydrogen) atoms. The minimum absolute atomic E-state index is 0.250. The Bertz CT molecular complexity index is 734. The molecule has 0 atom stereocenters. The van der Waals surface area contributed by atoms with Gasteiger partial charge in [-0.05, 0) is 19.4 Å². The number of benzene rings is 1. The first kappa shape index (κ1) is 13.4. The first-order chi connectivity index (χ1) is 10.1. The highest BCUT2D eigenvalue weighted by molar-refractivity contribution is 5.87. The fraction of sp³-hybridized carbons (Fsp3) is 0.267. The van der Waals surface area contributed by atoms with E-state index in [4.69, 9.17) is 5.73 Å². The summed E-state index contributed by atoms with van der Waals surface area (Å²) < 4.78 is 0. The molecule has 0 saturated heterocycles. The molecule has 2 aromatic heterocycles. The lowest BCUT2D eigenvalue weighted by atomic mass is 10.2. The van der Waals surface area contributed by atoms with Gasteiger partial charge in [0.2, 0.25) is 5.95 Å². The third-order valence-corrected chi connectivity index (χ3v) is 3.40. The van der Waals surface area contributed by atoms with Gasteiger partial charge in [0.25, 0.3) is 0 Å². The average molecular weight is 282 g/mol. The molecule has 3 N–H and O–H groups in total. The molecule has 0 aliphatic carbocycles. The van der Waals surface area contributed by atoms with Gasteiger partial charge in [-0.25, -0.2) is 0 Å². The maximum Gasteiger partial charge on any atom is 0.224 e. The Morgan fingerprint density at radius 2 is 1.95 bits per heavy atom. The van der Waals surface area contributed by atoms with Crippen LogP contribution in [0.3, 0.4) is 0 Å². The van der Waals surface area contributed by atoms with E-state index in [0.717, 1.165) is 17.7 Å². The van der Waals surface area contributed by atoms with Crippen molar-refractivity contribution in [3.63, 3.8) is 0 Å². The highest BCUT2D eigenvalue weighted by Gasteiger charge is 2.18. The van der Waals surface area contributed by atoms with Gasteiger partial charge in [0.15, 0.2) is 5.65 Å². The molecule has 0 spiro atoms. The summed E-state index contributed by atoms with van der Waals surface area (Å²) in [5, 5.41) is 7.78. The number of aromatic nitrogens is 4. The number of fused-ring (bicyclic) bond motifs is 1. The number of nitrogen functional groups attached to an aromatic ring is 1. The van der Waals surface area contributed by atoms with Crippen LogP contribution in [0.1, 0.15) is 19.4 Å². The van der Waals surface area contributed by atoms with E-state index in [1.54, 1.807) is 6.20 Å². The molecular formula is C15H18N6. The largest absolute Gasteiger partial charge is 0.368 e. The fourth-order valence-corrected chi connectivity index (χ4v) is 2.34. The van der Waals surface area contributed by atoms with E-state index >= 15 is 0 Å². The Hall–Kier alpha value is -2.63. The minimum atomic E-state index is 0.250. The van der Waals surface area contributed by atoms with E-state index in [-0.39, 0.29) is 12.0 Å². The van der Waals surface area contributed by atoms with Crippen molar-refractivity contribution < 1.29 is 0 Å². The molecule has 0 fully saturated rings. The van der Waals surface area contributed by atoms with Crippen molar-refractivity contribution in [1.29, 1.82) is 0 Å². The summed E-state index contributed by atoms with van der Waals surface area (Å²) in [7, 11) is 0. The Morgan fingerprint density at radius 3 is 2.67 bits per heavy atom. The number of hydrogen-bond donors (Lipinski definition) is 2. The van der Waals surface area contributed by atoms with Crippen LogP contribution in [-0.4, -0.2) is 26.2 Å². The molecular weight excluding hydrogens is 264 g/mol. The zero-order valence-corrected chi connectivity index (χ0v) is 12.1. The van der Waals surface area contributed by atoms with Crippen LogP contribution < -0.4 is 10.6 Å². The van der Waals surface area contributed by atoms with Crippen molar-refractivity contribution in [3.8, 4) is 0 Å². The van der Waals surface area contributed by atoms with Gasteiger partial charge in [0.1, 0.15) is 5.82 Å². The topological polar surface area (TPSA) is 83.7 Å². The standard InChI is InChI=1S/C15H18N6/c1-10(2)21(9-11-6-4-3-5-7-11)14-12-8-17-20-13(12)18-15(16)19-14/h3-8,10H,9H2,1-2H3,(H3,16,17,18,19,20). The maximum atomic E-state index is 5.82. The summed E-state index contributed by atoms with van der Waals surface area (Å²) >= 11 is 0. The molecule has 0 aliphatic rings. The highest BCUT2D eigenvalue weighted by Crippen LogP contribution is 2.26. The van der Waals surface area contributed by atoms with Crippen molar-refractivity contribution >= 4 is 22.8 Å². The number of nitrogens with zero attached hydrogens (tertiary/aromatic N) is 4. The quantitative estimate of drug-likeness (QED) is 0.767. The van der Waals surface area contributed by atoms with E-state index in [1.165, 1.54) is 5.56 Å². The van der Waals surface area contributed by atoms with Crippen molar-refractivity contribution in [2.45, 2.75) is 26.4 Å². The summed E-state index contributed by atoms with van der Waals surface area (Å²) in [6.45, 7) is 5.02. The van der Waals surface area contributed by atoms with Crippen LogP contribution in [-0.2, 0) is 6.54 Å². The molecule has 1 aromatic carbocycles. The SMILES string of the molecule is CC(C)N(Cc1ccccc1)c1nc(N)nc2[nH]ncc12. The average Bonchev–Trinajstić information content (AvgIpc) is 2.93. The van der Waals surface area contributed by atoms with Crippen LogP contribution in [0.5, 0.6) is 0 Å². The number of nitrogens with one attached hydrogen (secondary N) is 1. The van der Waals surface area contributed by atoms with Crippen LogP contribution in [0, 0.1) is 0 Å². The van der Waals surface area contributed by atoms with E-state index < -0.39 is 0 Å². The van der Waals surface area contributed by atoms with Crippen molar-refractivity contribution in [2.75, 3.05) is 10.6 Å². The Kier molecular flexibility index (Phi) is 3.43. The third kappa shape index (κ3) is 2.65. The first-order valence-corrected chi connectivity index (χ1v) is 6.92. The van der Waals surface area contributed by atoms with Gasteiger partial charge in [-0.3, -0.25) is 5.10 Å². The number of anilines is 2. The van der Waals surface area contributed by atoms with Gasteiger partial charge < -0.3 is 10.6 Å². The second-order valence-electron chi connectivity index (χ2n) is 5.24. The molecule has 0 bridgehead atoms. The molecule has 0 aliphatic heterocycles. The Morgan fingerprint density at radius 1 is 1.19 bits per heavy atom. The molecule has 6 nitrogen and oxygen atoms in total. The Balaban J connectivity index is 2.05. The first-order valence-electron chi connectivity index (χ1n) is 6.92. The number of nitrogens with two attached hydrogens (primary N) is 1. The molecule has 6 heteroatoms. The predicted octanol–water partition coefficient (Wildman–Crippen LogP) is 2.35. The lowest BCUT2D eigenvalue weighted by Gasteiger charge is -2.28. The minimum Gasteiger partial charge on any atom is -0.368 e. The number of H-pyrrole nitrogens is 1. The van der Waals surface area contributed by atoms with Crippen molar-refractivity contribution in [1.82, 2.24) is 20.2 Å². The van der Waals surface area contributed by atoms with Crippen LogP contribution >= 0.6 is 0 Å². The molecule has 0 amide bonds. The lowest BCUT2D eigenvalue weighted by Crippen LogP contribution is -2.31. The predicted molar refractivity (Wildman–Crippen MR) is 83.9 cm³/mol. The van der Waals surface area contributed by atoms with Crippen LogP contribution in [0.4, 0.5) is 11.8 Å². The van der Waals surface area contributed by atoms with Crippen molar-refractivity contribution in [3.05, 3.63) is 42.1 Å². The van der Waals surface area contributed by atoms with Crippen LogP contribution in [0.2, 0.25) is 0 Å². The Labute approximate surface area is 123 Å². The summed E-state index contributed by atoms with van der Waals surface area (Å²) in [6.07, 6.45) is 1.74. The summed E-state index contributed by atoms with van der Waals surface area (Å²) in [6, 6.07) is 10.6. The van der Waals surface area contributed by atoms with Gasteiger partial charge in [0, 0.05) is 12.6 Å². The van der Waals surface area contributed by atoms with Crippen LogP contribution in [0.25, 0.3) is 11.0 Å². The van der Waals surface area contributed by atoms with Gasteiger partial charge in [-0.15, -0.1) is 0 Å². The van der Waals surface area contributed by atoms with E-state index in [2.05, 4.69) is 51.0 Å². The summed E-state index contributed by atoms with van der Waals surface area (Å²) in [4.78, 5) is 10.8. The van der Waals surface area contributed by atoms with E-state index in [9.17, 15) is 0 Å². The molecule has 3 rings (SSSR count). The van der Waals surface area contributed by atoms with Gasteiger partial charge in [-0.2, -0.15) is 15.1 Å². The normalized spacial score (nSPS) is 11.2. The molecule has 0 saturated carbocycles. The van der Waals surface area contributed by atoms with E-state index in [0.29, 0.717) is 5.65 Å². The smallest absolute Gasteiger partial charge is 0.224 e. The zero-order chi connectivity index (χ0) is 14.8. The monoisotopic (exact) mass is 282 g/mol. The van der Waals surface area contributed by atoms with Gasteiger partial charge in [-0.1, -0.05) is 30.3 Å². The van der Waals surface area contributed by atoms with Crippen LogP contribution in [0.15, 0.2) is 36.5 Å². The van der Waals surface area contributed by atoms with Crippen molar-refractivity contribution in [2.24, 2.45) is 0 Å². The maximum absolute atomic E-state index is 5.82. The number of hydrogen-bond acceptors (Lipinski definition) is 5. The second-order valence-corrected chi connectivity index (χ2v) is 5.24. The second kappa shape index (κ2) is 5.40.